The van der Waals surface area contributed by atoms with Gasteiger partial charge >= 0.3 is 0 Å². The third-order valence-electron chi connectivity index (χ3n) is 2.16. The maximum absolute atomic E-state index is 9.52. The van der Waals surface area contributed by atoms with Gasteiger partial charge in [-0.3, -0.25) is 15.6 Å². The monoisotopic (exact) mass is 209 g/mol. The molecule has 1 aromatic carbocycles. The van der Waals surface area contributed by atoms with E-state index in [2.05, 4.69) is 0 Å². The first kappa shape index (κ1) is 10.1. The van der Waals surface area contributed by atoms with Crippen LogP contribution in [0.1, 0.15) is 11.6 Å². The molecule has 0 radical (unpaired) electrons. The molecular weight excluding hydrogens is 198 g/mol. The fourth-order valence-corrected chi connectivity index (χ4v) is 1.39. The van der Waals surface area contributed by atoms with Crippen molar-refractivity contribution in [1.29, 1.82) is 0 Å². The van der Waals surface area contributed by atoms with Crippen molar-refractivity contribution in [3.05, 3.63) is 48.2 Å². The Labute approximate surface area is 86.3 Å². The lowest BCUT2D eigenvalue weighted by molar-refractivity contribution is -0.508. The highest BCUT2D eigenvalue weighted by atomic mass is 16.8. The van der Waals surface area contributed by atoms with E-state index in [9.17, 15) is 10.4 Å². The fraction of sp³-hybridized carbons (Fsp3) is 0.111. The van der Waals surface area contributed by atoms with Crippen LogP contribution in [-0.2, 0) is 0 Å². The van der Waals surface area contributed by atoms with E-state index in [1.807, 2.05) is 18.2 Å². The Morgan fingerprint density at radius 3 is 2.33 bits per heavy atom. The molecule has 0 fully saturated rings. The van der Waals surface area contributed by atoms with Crippen molar-refractivity contribution in [3.63, 3.8) is 0 Å². The van der Waals surface area contributed by atoms with Crippen LogP contribution in [0.3, 0.4) is 0 Å². The van der Waals surface area contributed by atoms with Gasteiger partial charge in [0.15, 0.2) is 0 Å². The molecule has 0 amide bonds. The molecule has 1 heterocycles. The molecular formula is C9H11N3O3. The highest BCUT2D eigenvalue weighted by Gasteiger charge is 2.28. The lowest BCUT2D eigenvalue weighted by Gasteiger charge is -2.35. The summed E-state index contributed by atoms with van der Waals surface area (Å²) in [6.45, 7) is 0. The molecule has 6 nitrogen and oxygen atoms in total. The molecule has 0 saturated carbocycles. The summed E-state index contributed by atoms with van der Waals surface area (Å²) in [4.78, 5) is 0. The van der Waals surface area contributed by atoms with Crippen LogP contribution in [0.25, 0.3) is 0 Å². The number of hydroxylamine groups is 2. The first-order valence-electron chi connectivity index (χ1n) is 4.38. The second-order valence-electron chi connectivity index (χ2n) is 3.11. The third-order valence-corrected chi connectivity index (χ3v) is 2.16. The molecule has 1 aliphatic rings. The third kappa shape index (κ3) is 1.84. The molecule has 0 saturated heterocycles. The molecule has 15 heavy (non-hydrogen) atoms. The van der Waals surface area contributed by atoms with Crippen LogP contribution in [0.15, 0.2) is 42.6 Å². The standard InChI is InChI=1S/C9H11N3O3/c13-10-7-6-9(11(14)12(10)15)8-4-2-1-3-5-8/h1-7,9,13-15H. The second kappa shape index (κ2) is 3.97. The quantitative estimate of drug-likeness (QED) is 0.644. The van der Waals surface area contributed by atoms with E-state index >= 15 is 0 Å². The van der Waals surface area contributed by atoms with Crippen molar-refractivity contribution in [2.24, 2.45) is 0 Å². The van der Waals surface area contributed by atoms with Gasteiger partial charge in [0.1, 0.15) is 6.04 Å². The van der Waals surface area contributed by atoms with Gasteiger partial charge in [-0.05, 0) is 11.6 Å². The van der Waals surface area contributed by atoms with Gasteiger partial charge in [0.25, 0.3) is 0 Å². The second-order valence-corrected chi connectivity index (χ2v) is 3.11. The van der Waals surface area contributed by atoms with Crippen LogP contribution in [-0.4, -0.2) is 31.2 Å². The predicted octanol–water partition coefficient (Wildman–Crippen LogP) is 1.16. The lowest BCUT2D eigenvalue weighted by atomic mass is 10.1. The van der Waals surface area contributed by atoms with Crippen LogP contribution < -0.4 is 0 Å². The van der Waals surface area contributed by atoms with Gasteiger partial charge in [0.2, 0.25) is 0 Å². The molecule has 0 aromatic heterocycles. The molecule has 2 rings (SSSR count). The summed E-state index contributed by atoms with van der Waals surface area (Å²) in [6.07, 6.45) is 2.78. The minimum absolute atomic E-state index is 0.206. The van der Waals surface area contributed by atoms with Gasteiger partial charge in [0.05, 0.1) is 0 Å². The van der Waals surface area contributed by atoms with Crippen LogP contribution in [0.5, 0.6) is 0 Å². The summed E-state index contributed by atoms with van der Waals surface area (Å²) < 4.78 is 0. The Morgan fingerprint density at radius 2 is 1.67 bits per heavy atom. The van der Waals surface area contributed by atoms with E-state index in [0.717, 1.165) is 5.56 Å². The number of rotatable bonds is 1. The van der Waals surface area contributed by atoms with Crippen molar-refractivity contribution < 1.29 is 15.6 Å². The SMILES string of the molecule is ON1C=CC(c2ccccc2)N(O)N1O. The van der Waals surface area contributed by atoms with E-state index in [-0.39, 0.29) is 5.28 Å². The minimum Gasteiger partial charge on any atom is -0.295 e. The summed E-state index contributed by atoms with van der Waals surface area (Å²) in [5, 5.41) is 28.8. The average Bonchev–Trinajstić information content (AvgIpc) is 2.27. The van der Waals surface area contributed by atoms with Crippen molar-refractivity contribution >= 4 is 0 Å². The summed E-state index contributed by atoms with van der Waals surface area (Å²) in [5.74, 6) is 0. The van der Waals surface area contributed by atoms with Gasteiger partial charge in [0, 0.05) is 11.5 Å². The first-order chi connectivity index (χ1) is 7.20. The van der Waals surface area contributed by atoms with E-state index in [4.69, 9.17) is 5.21 Å². The Hall–Kier alpha value is -1.44. The molecule has 1 unspecified atom stereocenters. The highest BCUT2D eigenvalue weighted by Crippen LogP contribution is 2.25. The normalized spacial score (nSPS) is 23.4. The van der Waals surface area contributed by atoms with Crippen molar-refractivity contribution in [2.45, 2.75) is 6.04 Å². The van der Waals surface area contributed by atoms with Crippen molar-refractivity contribution in [3.8, 4) is 0 Å². The Balaban J connectivity index is 2.28. The number of hydrazine groups is 2. The van der Waals surface area contributed by atoms with E-state index in [0.29, 0.717) is 10.3 Å². The first-order valence-corrected chi connectivity index (χ1v) is 4.38. The van der Waals surface area contributed by atoms with E-state index in [1.165, 1.54) is 6.20 Å². The highest BCUT2D eigenvalue weighted by molar-refractivity contribution is 5.22. The molecule has 1 aromatic rings. The summed E-state index contributed by atoms with van der Waals surface area (Å²) >= 11 is 0. The topological polar surface area (TPSA) is 70.4 Å². The fourth-order valence-electron chi connectivity index (χ4n) is 1.39. The predicted molar refractivity (Wildman–Crippen MR) is 49.2 cm³/mol. The largest absolute Gasteiger partial charge is 0.295 e. The molecule has 1 aliphatic heterocycles. The molecule has 0 bridgehead atoms. The van der Waals surface area contributed by atoms with Gasteiger partial charge < -0.3 is 0 Å². The van der Waals surface area contributed by atoms with Gasteiger partial charge in [-0.1, -0.05) is 35.5 Å². The van der Waals surface area contributed by atoms with Crippen LogP contribution in [0.2, 0.25) is 0 Å². The maximum Gasteiger partial charge on any atom is 0.100 e. The van der Waals surface area contributed by atoms with E-state index in [1.54, 1.807) is 18.2 Å². The molecule has 6 heteroatoms. The molecule has 0 spiro atoms. The zero-order valence-electron chi connectivity index (χ0n) is 7.80. The maximum atomic E-state index is 9.52. The lowest BCUT2D eigenvalue weighted by Crippen LogP contribution is -2.49. The zero-order valence-corrected chi connectivity index (χ0v) is 7.80. The number of hydrogen-bond donors (Lipinski definition) is 3. The summed E-state index contributed by atoms with van der Waals surface area (Å²) in [7, 11) is 0. The number of benzene rings is 1. The number of nitrogens with zero attached hydrogens (tertiary/aromatic N) is 3. The van der Waals surface area contributed by atoms with E-state index < -0.39 is 6.04 Å². The van der Waals surface area contributed by atoms with Gasteiger partial charge in [-0.2, -0.15) is 5.17 Å². The molecule has 80 valence electrons. The van der Waals surface area contributed by atoms with Crippen LogP contribution in [0.4, 0.5) is 0 Å². The minimum atomic E-state index is -0.528. The molecule has 3 N–H and O–H groups in total. The number of hydrogen-bond acceptors (Lipinski definition) is 6. The van der Waals surface area contributed by atoms with Crippen LogP contribution in [0, 0.1) is 0 Å². The zero-order chi connectivity index (χ0) is 10.8. The van der Waals surface area contributed by atoms with Gasteiger partial charge in [-0.15, -0.1) is 0 Å². The average molecular weight is 209 g/mol. The van der Waals surface area contributed by atoms with Crippen molar-refractivity contribution in [1.82, 2.24) is 15.6 Å². The van der Waals surface area contributed by atoms with Gasteiger partial charge in [-0.25, -0.2) is 0 Å². The van der Waals surface area contributed by atoms with Crippen molar-refractivity contribution in [2.75, 3.05) is 0 Å². The Bertz CT molecular complexity index is 357. The molecule has 0 aliphatic carbocycles. The molecule has 1 atom stereocenters. The smallest absolute Gasteiger partial charge is 0.100 e. The Kier molecular flexibility index (Phi) is 2.67. The Morgan fingerprint density at radius 1 is 1.00 bits per heavy atom. The van der Waals surface area contributed by atoms with Crippen LogP contribution >= 0.6 is 0 Å². The summed E-state index contributed by atoms with van der Waals surface area (Å²) in [6, 6.07) is 8.58. The summed E-state index contributed by atoms with van der Waals surface area (Å²) in [5.41, 5.74) is 0.795.